The van der Waals surface area contributed by atoms with E-state index in [0.29, 0.717) is 13.2 Å². The molecule has 1 N–H and O–H groups in total. The summed E-state index contributed by atoms with van der Waals surface area (Å²) >= 11 is 0. The number of ether oxygens (including phenoxy) is 3. The zero-order valence-corrected chi connectivity index (χ0v) is 18.0. The highest BCUT2D eigenvalue weighted by molar-refractivity contribution is 5.49. The first kappa shape index (κ1) is 22.4. The standard InChI is InChI=1S/C26H29NO4/c1-29-24-14-10-22(11-15-24)26(21-8-4-3-5-9-21,31-19-7-6-18-27-20-28)23-12-16-25(30-2)17-13-23/h3-5,8-17,20H,6-7,18-19H2,1-2H3,(H,27,28). The van der Waals surface area contributed by atoms with Crippen LogP contribution in [-0.2, 0) is 15.1 Å². The Kier molecular flexibility index (Phi) is 8.07. The van der Waals surface area contributed by atoms with E-state index in [1.54, 1.807) is 14.2 Å². The molecule has 3 aromatic carbocycles. The Balaban J connectivity index is 2.06. The Morgan fingerprint density at radius 1 is 0.742 bits per heavy atom. The van der Waals surface area contributed by atoms with Gasteiger partial charge in [0, 0.05) is 13.2 Å². The van der Waals surface area contributed by atoms with Gasteiger partial charge in [-0.3, -0.25) is 4.79 Å². The lowest BCUT2D eigenvalue weighted by atomic mass is 9.80. The van der Waals surface area contributed by atoms with Gasteiger partial charge in [0.05, 0.1) is 14.2 Å². The van der Waals surface area contributed by atoms with E-state index in [0.717, 1.165) is 47.4 Å². The number of carbonyl (C=O) groups excluding carboxylic acids is 1. The molecule has 0 aliphatic rings. The molecule has 0 radical (unpaired) electrons. The minimum atomic E-state index is -0.794. The van der Waals surface area contributed by atoms with Crippen molar-refractivity contribution in [3.8, 4) is 11.5 Å². The molecule has 0 atom stereocenters. The van der Waals surface area contributed by atoms with Gasteiger partial charge in [-0.05, 0) is 53.8 Å². The van der Waals surface area contributed by atoms with E-state index < -0.39 is 5.60 Å². The van der Waals surface area contributed by atoms with Crippen LogP contribution in [0.25, 0.3) is 0 Å². The fourth-order valence-corrected chi connectivity index (χ4v) is 3.69. The van der Waals surface area contributed by atoms with Crippen LogP contribution in [-0.4, -0.2) is 33.8 Å². The molecule has 31 heavy (non-hydrogen) atoms. The summed E-state index contributed by atoms with van der Waals surface area (Å²) in [7, 11) is 3.32. The number of carbonyl (C=O) groups is 1. The lowest BCUT2D eigenvalue weighted by Gasteiger charge is -2.36. The van der Waals surface area contributed by atoms with Gasteiger partial charge in [0.25, 0.3) is 0 Å². The zero-order valence-electron chi connectivity index (χ0n) is 18.0. The van der Waals surface area contributed by atoms with Gasteiger partial charge in [0.1, 0.15) is 17.1 Å². The predicted octanol–water partition coefficient (Wildman–Crippen LogP) is 4.54. The third-order valence-electron chi connectivity index (χ3n) is 5.29. The van der Waals surface area contributed by atoms with E-state index in [1.165, 1.54) is 0 Å². The molecule has 0 fully saturated rings. The number of methoxy groups -OCH3 is 2. The topological polar surface area (TPSA) is 56.8 Å². The Labute approximate surface area is 184 Å². The minimum absolute atomic E-state index is 0.535. The van der Waals surface area contributed by atoms with Gasteiger partial charge in [0.15, 0.2) is 0 Å². The molecule has 162 valence electrons. The van der Waals surface area contributed by atoms with Crippen LogP contribution in [0.4, 0.5) is 0 Å². The second-order valence-corrected chi connectivity index (χ2v) is 7.13. The maximum Gasteiger partial charge on any atom is 0.207 e. The van der Waals surface area contributed by atoms with Crippen molar-refractivity contribution in [1.82, 2.24) is 5.32 Å². The van der Waals surface area contributed by atoms with Crippen molar-refractivity contribution < 1.29 is 19.0 Å². The quantitative estimate of drug-likeness (QED) is 0.266. The first-order chi connectivity index (χ1) is 15.2. The molecule has 0 unspecified atom stereocenters. The van der Waals surface area contributed by atoms with E-state index in [4.69, 9.17) is 14.2 Å². The molecule has 0 saturated carbocycles. The van der Waals surface area contributed by atoms with Gasteiger partial charge in [0.2, 0.25) is 6.41 Å². The Morgan fingerprint density at radius 2 is 1.26 bits per heavy atom. The SMILES string of the molecule is COc1ccc(C(OCCCCNC=O)(c2ccccc2)c2ccc(OC)cc2)cc1. The van der Waals surface area contributed by atoms with Crippen LogP contribution in [0.3, 0.4) is 0 Å². The first-order valence-electron chi connectivity index (χ1n) is 10.4. The summed E-state index contributed by atoms with van der Waals surface area (Å²) in [5, 5.41) is 2.70. The molecule has 0 aliphatic carbocycles. The molecular formula is C26H29NO4. The van der Waals surface area contributed by atoms with E-state index >= 15 is 0 Å². The van der Waals surface area contributed by atoms with Gasteiger partial charge in [-0.25, -0.2) is 0 Å². The zero-order chi connectivity index (χ0) is 21.9. The summed E-state index contributed by atoms with van der Waals surface area (Å²) < 4.78 is 17.5. The van der Waals surface area contributed by atoms with Crippen LogP contribution in [0.1, 0.15) is 29.5 Å². The molecule has 5 heteroatoms. The van der Waals surface area contributed by atoms with Gasteiger partial charge in [-0.2, -0.15) is 0 Å². The summed E-state index contributed by atoms with van der Waals surface area (Å²) in [6.45, 7) is 1.17. The second-order valence-electron chi connectivity index (χ2n) is 7.13. The third kappa shape index (κ3) is 5.25. The summed E-state index contributed by atoms with van der Waals surface area (Å²) in [6.07, 6.45) is 2.39. The monoisotopic (exact) mass is 419 g/mol. The fraction of sp³-hybridized carbons (Fsp3) is 0.269. The minimum Gasteiger partial charge on any atom is -0.497 e. The van der Waals surface area contributed by atoms with Crippen LogP contribution < -0.4 is 14.8 Å². The number of nitrogens with one attached hydrogen (secondary N) is 1. The number of hydrogen-bond acceptors (Lipinski definition) is 4. The molecule has 1 amide bonds. The van der Waals surface area contributed by atoms with Crippen LogP contribution in [0.2, 0.25) is 0 Å². The molecule has 0 aliphatic heterocycles. The molecular weight excluding hydrogens is 390 g/mol. The van der Waals surface area contributed by atoms with E-state index in [2.05, 4.69) is 17.4 Å². The van der Waals surface area contributed by atoms with E-state index in [9.17, 15) is 4.79 Å². The number of unbranched alkanes of at least 4 members (excludes halogenated alkanes) is 1. The highest BCUT2D eigenvalue weighted by atomic mass is 16.5. The molecule has 0 spiro atoms. The predicted molar refractivity (Wildman–Crippen MR) is 122 cm³/mol. The molecule has 3 aromatic rings. The maximum absolute atomic E-state index is 10.5. The van der Waals surface area contributed by atoms with Gasteiger partial charge < -0.3 is 19.5 Å². The summed E-state index contributed by atoms with van der Waals surface area (Å²) in [4.78, 5) is 10.5. The first-order valence-corrected chi connectivity index (χ1v) is 10.4. The van der Waals surface area contributed by atoms with Crippen molar-refractivity contribution in [2.45, 2.75) is 18.4 Å². The normalized spacial score (nSPS) is 11.0. The van der Waals surface area contributed by atoms with Crippen LogP contribution in [0.15, 0.2) is 78.9 Å². The van der Waals surface area contributed by atoms with Crippen molar-refractivity contribution in [1.29, 1.82) is 0 Å². The lowest BCUT2D eigenvalue weighted by molar-refractivity contribution is -0.109. The number of hydrogen-bond donors (Lipinski definition) is 1. The number of rotatable bonds is 12. The average molecular weight is 420 g/mol. The average Bonchev–Trinajstić information content (AvgIpc) is 2.85. The van der Waals surface area contributed by atoms with Crippen LogP contribution in [0, 0.1) is 0 Å². The van der Waals surface area contributed by atoms with Crippen molar-refractivity contribution in [2.75, 3.05) is 27.4 Å². The third-order valence-corrected chi connectivity index (χ3v) is 5.29. The highest BCUT2D eigenvalue weighted by Gasteiger charge is 2.37. The summed E-state index contributed by atoms with van der Waals surface area (Å²) in [6, 6.07) is 26.2. The van der Waals surface area contributed by atoms with Crippen molar-refractivity contribution in [3.63, 3.8) is 0 Å². The van der Waals surface area contributed by atoms with Crippen molar-refractivity contribution in [3.05, 3.63) is 95.6 Å². The van der Waals surface area contributed by atoms with Gasteiger partial charge in [-0.1, -0.05) is 54.6 Å². The second kappa shape index (κ2) is 11.2. The van der Waals surface area contributed by atoms with Crippen LogP contribution >= 0.6 is 0 Å². The van der Waals surface area contributed by atoms with Crippen molar-refractivity contribution >= 4 is 6.41 Å². The largest absolute Gasteiger partial charge is 0.497 e. The highest BCUT2D eigenvalue weighted by Crippen LogP contribution is 2.41. The smallest absolute Gasteiger partial charge is 0.207 e. The lowest BCUT2D eigenvalue weighted by Crippen LogP contribution is -2.33. The molecule has 3 rings (SSSR count). The number of benzene rings is 3. The maximum atomic E-state index is 10.5. The van der Waals surface area contributed by atoms with Gasteiger partial charge >= 0.3 is 0 Å². The molecule has 0 heterocycles. The molecule has 0 bridgehead atoms. The number of amides is 1. The molecule has 0 aromatic heterocycles. The van der Waals surface area contributed by atoms with Crippen molar-refractivity contribution in [2.24, 2.45) is 0 Å². The Hall–Kier alpha value is -3.31. The summed E-state index contributed by atoms with van der Waals surface area (Å²) in [5.74, 6) is 1.58. The molecule has 0 saturated heterocycles. The van der Waals surface area contributed by atoms with E-state index in [1.807, 2.05) is 66.7 Å². The summed E-state index contributed by atoms with van der Waals surface area (Å²) in [5.41, 5.74) is 2.26. The van der Waals surface area contributed by atoms with Crippen LogP contribution in [0.5, 0.6) is 11.5 Å². The van der Waals surface area contributed by atoms with Gasteiger partial charge in [-0.15, -0.1) is 0 Å². The molecule has 5 nitrogen and oxygen atoms in total. The Bertz CT molecular complexity index is 876. The van der Waals surface area contributed by atoms with E-state index in [-0.39, 0.29) is 0 Å². The fourth-order valence-electron chi connectivity index (χ4n) is 3.69. The Morgan fingerprint density at radius 3 is 1.74 bits per heavy atom.